The van der Waals surface area contributed by atoms with Crippen molar-refractivity contribution >= 4 is 0 Å². The van der Waals surface area contributed by atoms with Crippen LogP contribution in [0.1, 0.15) is 59.8 Å². The van der Waals surface area contributed by atoms with E-state index in [1.165, 1.54) is 12.0 Å². The second kappa shape index (κ2) is 5.06. The average Bonchev–Trinajstić information content (AvgIpc) is 2.79. The van der Waals surface area contributed by atoms with Gasteiger partial charge in [0.1, 0.15) is 0 Å². The fourth-order valence-electron chi connectivity index (χ4n) is 6.20. The highest BCUT2D eigenvalue weighted by atomic mass is 16.6. The third-order valence-electron chi connectivity index (χ3n) is 7.40. The Bertz CT molecular complexity index is 515. The minimum absolute atomic E-state index is 0.149. The van der Waals surface area contributed by atoms with Crippen molar-refractivity contribution in [1.82, 2.24) is 0 Å². The molecule has 1 aliphatic carbocycles. The van der Waals surface area contributed by atoms with E-state index < -0.39 is 5.60 Å². The highest BCUT2D eigenvalue weighted by Crippen LogP contribution is 2.59. The monoisotopic (exact) mass is 320 g/mol. The molecule has 3 nitrogen and oxygen atoms in total. The van der Waals surface area contributed by atoms with E-state index in [4.69, 9.17) is 9.47 Å². The topological polar surface area (TPSA) is 38.7 Å². The summed E-state index contributed by atoms with van der Waals surface area (Å²) in [5.74, 6) is 2.35. The van der Waals surface area contributed by atoms with E-state index >= 15 is 0 Å². The maximum atomic E-state index is 10.5. The number of aliphatic hydroxyl groups is 1. The van der Waals surface area contributed by atoms with Gasteiger partial charge in [-0.15, -0.1) is 0 Å². The summed E-state index contributed by atoms with van der Waals surface area (Å²) >= 11 is 0. The quantitative estimate of drug-likeness (QED) is 0.749. The van der Waals surface area contributed by atoms with E-state index in [0.29, 0.717) is 23.7 Å². The summed E-state index contributed by atoms with van der Waals surface area (Å²) in [5, 5.41) is 10.5. The summed E-state index contributed by atoms with van der Waals surface area (Å²) in [6.07, 6.45) is 4.81. The highest BCUT2D eigenvalue weighted by molar-refractivity contribution is 5.20. The van der Waals surface area contributed by atoms with Crippen molar-refractivity contribution in [3.63, 3.8) is 0 Å². The molecule has 3 aliphatic heterocycles. The van der Waals surface area contributed by atoms with E-state index in [1.807, 2.05) is 0 Å². The molecule has 130 valence electrons. The smallest absolute Gasteiger partial charge is 0.0945 e. The summed E-state index contributed by atoms with van der Waals surface area (Å²) in [4.78, 5) is 0. The van der Waals surface area contributed by atoms with Crippen molar-refractivity contribution in [3.8, 4) is 0 Å². The molecule has 3 heteroatoms. The van der Waals surface area contributed by atoms with E-state index in [-0.39, 0.29) is 23.9 Å². The Hall–Kier alpha value is -0.380. The molecule has 1 saturated carbocycles. The van der Waals surface area contributed by atoms with Crippen LogP contribution in [0.15, 0.2) is 12.2 Å². The van der Waals surface area contributed by atoms with Crippen molar-refractivity contribution in [1.29, 1.82) is 0 Å². The van der Waals surface area contributed by atoms with Gasteiger partial charge >= 0.3 is 0 Å². The van der Waals surface area contributed by atoms with Crippen molar-refractivity contribution in [2.24, 2.45) is 23.7 Å². The molecule has 0 unspecified atom stereocenters. The maximum absolute atomic E-state index is 10.5. The van der Waals surface area contributed by atoms with Gasteiger partial charge in [0, 0.05) is 12.3 Å². The number of aliphatic hydroxyl groups excluding tert-OH is 1. The van der Waals surface area contributed by atoms with Crippen molar-refractivity contribution in [2.75, 3.05) is 0 Å². The van der Waals surface area contributed by atoms with E-state index in [9.17, 15) is 5.11 Å². The Morgan fingerprint density at radius 1 is 1.22 bits per heavy atom. The molecule has 3 heterocycles. The number of rotatable bonds is 1. The van der Waals surface area contributed by atoms with Gasteiger partial charge in [0.25, 0.3) is 0 Å². The number of hydrogen-bond acceptors (Lipinski definition) is 3. The van der Waals surface area contributed by atoms with Crippen LogP contribution < -0.4 is 0 Å². The maximum Gasteiger partial charge on any atom is 0.0945 e. The molecule has 0 aromatic rings. The van der Waals surface area contributed by atoms with Gasteiger partial charge in [-0.1, -0.05) is 26.0 Å². The summed E-state index contributed by atoms with van der Waals surface area (Å²) < 4.78 is 13.2. The molecule has 8 atom stereocenters. The molecule has 0 aromatic heterocycles. The molecule has 1 N–H and O–H groups in total. The lowest BCUT2D eigenvalue weighted by Gasteiger charge is -2.53. The number of ether oxygens (including phenoxy) is 2. The van der Waals surface area contributed by atoms with Crippen LogP contribution in [0, 0.1) is 23.7 Å². The predicted molar refractivity (Wildman–Crippen MR) is 90.1 cm³/mol. The molecule has 0 radical (unpaired) electrons. The van der Waals surface area contributed by atoms with Gasteiger partial charge in [-0.05, 0) is 57.3 Å². The van der Waals surface area contributed by atoms with Crippen LogP contribution in [0.5, 0.6) is 0 Å². The van der Waals surface area contributed by atoms with Crippen LogP contribution in [-0.2, 0) is 9.47 Å². The zero-order chi connectivity index (χ0) is 16.6. The Kier molecular flexibility index (Phi) is 3.54. The first-order valence-electron chi connectivity index (χ1n) is 9.46. The van der Waals surface area contributed by atoms with Crippen LogP contribution in [0.25, 0.3) is 0 Å². The van der Waals surface area contributed by atoms with Crippen LogP contribution in [0.2, 0.25) is 0 Å². The number of hydrogen-bond donors (Lipinski definition) is 1. The van der Waals surface area contributed by atoms with Crippen LogP contribution >= 0.6 is 0 Å². The molecular formula is C20H32O3. The molecule has 0 amide bonds. The van der Waals surface area contributed by atoms with Gasteiger partial charge in [0.05, 0.1) is 29.5 Å². The predicted octanol–water partition coefficient (Wildman–Crippen LogP) is 3.70. The summed E-state index contributed by atoms with van der Waals surface area (Å²) in [6, 6.07) is 0. The molecule has 4 aliphatic rings. The lowest BCUT2D eigenvalue weighted by Crippen LogP contribution is -2.60. The Morgan fingerprint density at radius 2 is 1.96 bits per heavy atom. The van der Waals surface area contributed by atoms with Gasteiger partial charge < -0.3 is 14.6 Å². The third-order valence-corrected chi connectivity index (χ3v) is 7.40. The molecule has 3 saturated heterocycles. The molecular weight excluding hydrogens is 288 g/mol. The van der Waals surface area contributed by atoms with Crippen LogP contribution in [-0.4, -0.2) is 34.6 Å². The fourth-order valence-corrected chi connectivity index (χ4v) is 6.20. The molecule has 4 bridgehead atoms. The molecule has 4 rings (SSSR count). The van der Waals surface area contributed by atoms with E-state index in [1.54, 1.807) is 0 Å². The Morgan fingerprint density at radius 3 is 2.65 bits per heavy atom. The first kappa shape index (κ1) is 16.1. The molecule has 0 spiro atoms. The fraction of sp³-hybridized carbons (Fsp3) is 0.900. The Balaban J connectivity index is 1.77. The zero-order valence-electron chi connectivity index (χ0n) is 15.0. The standard InChI is InChI=1S/C20H32O3/c1-11(2)13-7-6-12(3)16-14-10-20(5)15(21)8-9-19(4,23-20)18(22-14)17(13)16/h11,13-18,21H,3,6-10H2,1-2,4-5H3/t13-,14-,15+,16-,17-,18-,19-,20-/m1/s1. The van der Waals surface area contributed by atoms with Crippen molar-refractivity contribution < 1.29 is 14.6 Å². The SMILES string of the molecule is C=C1CC[C@H](C(C)C)[C@@H]2[C@H]1[C@H]1C[C@@]3(C)O[C@](C)(CC[C@@H]3O)[C@@H]2O1. The second-order valence-corrected chi connectivity index (χ2v) is 9.29. The minimum Gasteiger partial charge on any atom is -0.390 e. The van der Waals surface area contributed by atoms with Gasteiger partial charge in [0.2, 0.25) is 0 Å². The van der Waals surface area contributed by atoms with Gasteiger partial charge in [0.15, 0.2) is 0 Å². The summed E-state index contributed by atoms with van der Waals surface area (Å²) in [5.41, 5.74) is 0.635. The first-order valence-corrected chi connectivity index (χ1v) is 9.46. The first-order chi connectivity index (χ1) is 10.8. The second-order valence-electron chi connectivity index (χ2n) is 9.29. The van der Waals surface area contributed by atoms with Crippen LogP contribution in [0.3, 0.4) is 0 Å². The average molecular weight is 320 g/mol. The highest BCUT2D eigenvalue weighted by Gasteiger charge is 2.64. The number of fused-ring (bicyclic) bond motifs is 8. The molecule has 23 heavy (non-hydrogen) atoms. The van der Waals surface area contributed by atoms with Gasteiger partial charge in [-0.2, -0.15) is 0 Å². The molecule has 0 aromatic carbocycles. The largest absolute Gasteiger partial charge is 0.390 e. The van der Waals surface area contributed by atoms with E-state index in [0.717, 1.165) is 25.7 Å². The Labute approximate surface area is 140 Å². The van der Waals surface area contributed by atoms with Crippen LogP contribution in [0.4, 0.5) is 0 Å². The summed E-state index contributed by atoms with van der Waals surface area (Å²) in [7, 11) is 0. The minimum atomic E-state index is -0.470. The van der Waals surface area contributed by atoms with Crippen molar-refractivity contribution in [3.05, 3.63) is 12.2 Å². The zero-order valence-corrected chi connectivity index (χ0v) is 15.0. The molecule has 4 fully saturated rings. The summed E-state index contributed by atoms with van der Waals surface area (Å²) in [6.45, 7) is 13.4. The third kappa shape index (κ3) is 2.19. The van der Waals surface area contributed by atoms with Crippen molar-refractivity contribution in [2.45, 2.75) is 89.3 Å². The normalized spacial score (nSPS) is 55.7. The lowest BCUT2D eigenvalue weighted by molar-refractivity contribution is -0.245. The van der Waals surface area contributed by atoms with Gasteiger partial charge in [-0.3, -0.25) is 0 Å². The lowest BCUT2D eigenvalue weighted by atomic mass is 9.59. The van der Waals surface area contributed by atoms with Gasteiger partial charge in [-0.25, -0.2) is 0 Å². The van der Waals surface area contributed by atoms with E-state index in [2.05, 4.69) is 34.3 Å².